The molecule has 0 saturated carbocycles. The van der Waals surface area contributed by atoms with Crippen LogP contribution in [0.3, 0.4) is 0 Å². The third-order valence-electron chi connectivity index (χ3n) is 3.76. The van der Waals surface area contributed by atoms with Crippen LogP contribution in [0.5, 0.6) is 0 Å². The van der Waals surface area contributed by atoms with Gasteiger partial charge in [0.1, 0.15) is 11.5 Å². The molecule has 2 aromatic carbocycles. The third-order valence-corrected chi connectivity index (χ3v) is 4.37. The monoisotopic (exact) mass is 399 g/mol. The molecule has 0 heterocycles. The van der Waals surface area contributed by atoms with E-state index in [1.54, 1.807) is 19.9 Å². The first-order valence-corrected chi connectivity index (χ1v) is 8.41. The minimum absolute atomic E-state index is 0.0897. The molecular formula is C17H16Cl2FN3O3. The second-order valence-electron chi connectivity index (χ2n) is 5.66. The van der Waals surface area contributed by atoms with E-state index >= 15 is 0 Å². The first kappa shape index (κ1) is 20.1. The van der Waals surface area contributed by atoms with E-state index in [4.69, 9.17) is 23.2 Å². The van der Waals surface area contributed by atoms with Gasteiger partial charge in [-0.25, -0.2) is 4.39 Å². The topological polar surface area (TPSA) is 84.3 Å². The number of nitrogens with zero attached hydrogens (tertiary/aromatic N) is 1. The molecule has 9 heteroatoms. The Balaban J connectivity index is 2.10. The number of nitro groups is 1. The van der Waals surface area contributed by atoms with Crippen molar-refractivity contribution in [3.63, 3.8) is 0 Å². The zero-order valence-electron chi connectivity index (χ0n) is 13.9. The molecule has 0 saturated heterocycles. The van der Waals surface area contributed by atoms with E-state index in [2.05, 4.69) is 10.6 Å². The number of nitrogens with one attached hydrogen (secondary N) is 2. The van der Waals surface area contributed by atoms with Crippen LogP contribution < -0.4 is 10.6 Å². The van der Waals surface area contributed by atoms with Gasteiger partial charge in [0.15, 0.2) is 0 Å². The van der Waals surface area contributed by atoms with Crippen molar-refractivity contribution < 1.29 is 14.1 Å². The summed E-state index contributed by atoms with van der Waals surface area (Å²) in [5.74, 6) is -1.09. The molecule has 0 aliphatic heterocycles. The highest BCUT2D eigenvalue weighted by atomic mass is 35.5. The summed E-state index contributed by atoms with van der Waals surface area (Å²) < 4.78 is 13.7. The molecule has 1 amide bonds. The van der Waals surface area contributed by atoms with Gasteiger partial charge in [0.25, 0.3) is 5.69 Å². The van der Waals surface area contributed by atoms with E-state index in [1.165, 1.54) is 30.3 Å². The number of para-hydroxylation sites is 2. The number of amides is 1. The van der Waals surface area contributed by atoms with E-state index in [9.17, 15) is 19.3 Å². The van der Waals surface area contributed by atoms with Crippen LogP contribution in [0.2, 0.25) is 10.0 Å². The zero-order chi connectivity index (χ0) is 19.4. The van der Waals surface area contributed by atoms with Crippen molar-refractivity contribution in [3.05, 3.63) is 67.9 Å². The standard InChI is InChI=1S/C17H16Cl2FN3O3/c1-9(11-7-14(20)13(19)8-12(11)18)21-10(2)17(24)22-15-5-3-4-6-16(15)23(25)26/h3-10,21H,1-2H3,(H,22,24)/t9-,10-/m0/s1. The Hall–Kier alpha value is -2.22. The molecule has 138 valence electrons. The van der Waals surface area contributed by atoms with Gasteiger partial charge in [0, 0.05) is 17.1 Å². The summed E-state index contributed by atoms with van der Waals surface area (Å²) in [5.41, 5.74) is 0.335. The molecule has 0 radical (unpaired) electrons. The fraction of sp³-hybridized carbons (Fsp3) is 0.235. The van der Waals surface area contributed by atoms with E-state index in [0.29, 0.717) is 5.56 Å². The average Bonchev–Trinajstić information content (AvgIpc) is 2.58. The van der Waals surface area contributed by atoms with E-state index < -0.39 is 28.7 Å². The normalized spacial score (nSPS) is 13.1. The van der Waals surface area contributed by atoms with Crippen molar-refractivity contribution in [1.29, 1.82) is 0 Å². The SMILES string of the molecule is C[C@H](N[C@@H](C)c1cc(F)c(Cl)cc1Cl)C(=O)Nc1ccccc1[N+](=O)[O-]. The first-order valence-electron chi connectivity index (χ1n) is 7.65. The summed E-state index contributed by atoms with van der Waals surface area (Å²) in [4.78, 5) is 22.8. The van der Waals surface area contributed by atoms with Crippen molar-refractivity contribution in [2.75, 3.05) is 5.32 Å². The molecular weight excluding hydrogens is 384 g/mol. The van der Waals surface area contributed by atoms with Crippen LogP contribution in [0.15, 0.2) is 36.4 Å². The van der Waals surface area contributed by atoms with Gasteiger partial charge in [0.2, 0.25) is 5.91 Å². The Morgan fingerprint density at radius 2 is 1.85 bits per heavy atom. The minimum atomic E-state index is -0.723. The molecule has 0 unspecified atom stereocenters. The van der Waals surface area contributed by atoms with Gasteiger partial charge < -0.3 is 5.32 Å². The highest BCUT2D eigenvalue weighted by molar-refractivity contribution is 6.35. The maximum Gasteiger partial charge on any atom is 0.292 e. The van der Waals surface area contributed by atoms with Crippen molar-refractivity contribution >= 4 is 40.5 Å². The maximum atomic E-state index is 13.7. The number of rotatable bonds is 6. The van der Waals surface area contributed by atoms with E-state index in [0.717, 1.165) is 0 Å². The molecule has 0 aliphatic rings. The predicted octanol–water partition coefficient (Wildman–Crippen LogP) is 4.72. The van der Waals surface area contributed by atoms with Crippen LogP contribution in [-0.2, 0) is 4.79 Å². The molecule has 2 rings (SSSR count). The van der Waals surface area contributed by atoms with Crippen LogP contribution in [-0.4, -0.2) is 16.9 Å². The lowest BCUT2D eigenvalue weighted by atomic mass is 10.1. The zero-order valence-corrected chi connectivity index (χ0v) is 15.4. The van der Waals surface area contributed by atoms with Crippen molar-refractivity contribution in [2.45, 2.75) is 25.9 Å². The van der Waals surface area contributed by atoms with Crippen molar-refractivity contribution in [2.24, 2.45) is 0 Å². The minimum Gasteiger partial charge on any atom is -0.319 e. The van der Waals surface area contributed by atoms with Crippen molar-refractivity contribution in [1.82, 2.24) is 5.32 Å². The Morgan fingerprint density at radius 3 is 2.50 bits per heavy atom. The number of hydrogen-bond acceptors (Lipinski definition) is 4. The van der Waals surface area contributed by atoms with Gasteiger partial charge >= 0.3 is 0 Å². The van der Waals surface area contributed by atoms with Gasteiger partial charge in [-0.3, -0.25) is 20.2 Å². The smallest absolute Gasteiger partial charge is 0.292 e. The highest BCUT2D eigenvalue weighted by Gasteiger charge is 2.21. The molecule has 2 N–H and O–H groups in total. The molecule has 0 spiro atoms. The van der Waals surface area contributed by atoms with E-state index in [1.807, 2.05) is 0 Å². The fourth-order valence-corrected chi connectivity index (χ4v) is 2.94. The number of anilines is 1. The molecule has 0 aromatic heterocycles. The quantitative estimate of drug-likeness (QED) is 0.418. The summed E-state index contributed by atoms with van der Waals surface area (Å²) >= 11 is 11.8. The molecule has 6 nitrogen and oxygen atoms in total. The highest BCUT2D eigenvalue weighted by Crippen LogP contribution is 2.29. The Bertz CT molecular complexity index is 848. The lowest BCUT2D eigenvalue weighted by Crippen LogP contribution is -2.39. The van der Waals surface area contributed by atoms with Crippen LogP contribution in [0, 0.1) is 15.9 Å². The number of carbonyl (C=O) groups excluding carboxylic acids is 1. The Morgan fingerprint density at radius 1 is 1.19 bits per heavy atom. The van der Waals surface area contributed by atoms with Crippen LogP contribution in [0.4, 0.5) is 15.8 Å². The van der Waals surface area contributed by atoms with Crippen LogP contribution in [0.1, 0.15) is 25.5 Å². The number of halogens is 3. The molecule has 2 atom stereocenters. The number of hydrogen-bond donors (Lipinski definition) is 2. The van der Waals surface area contributed by atoms with Gasteiger partial charge in [0.05, 0.1) is 16.0 Å². The van der Waals surface area contributed by atoms with Crippen LogP contribution >= 0.6 is 23.2 Å². The molecule has 0 aliphatic carbocycles. The van der Waals surface area contributed by atoms with Crippen molar-refractivity contribution in [3.8, 4) is 0 Å². The second kappa shape index (κ2) is 8.44. The first-order chi connectivity index (χ1) is 12.2. The number of benzene rings is 2. The predicted molar refractivity (Wildman–Crippen MR) is 99.2 cm³/mol. The molecule has 2 aromatic rings. The van der Waals surface area contributed by atoms with Gasteiger partial charge in [-0.15, -0.1) is 0 Å². The van der Waals surface area contributed by atoms with Crippen LogP contribution in [0.25, 0.3) is 0 Å². The number of carbonyl (C=O) groups is 1. The number of nitro benzene ring substituents is 1. The maximum absolute atomic E-state index is 13.7. The van der Waals surface area contributed by atoms with Gasteiger partial charge in [-0.05, 0) is 37.6 Å². The summed E-state index contributed by atoms with van der Waals surface area (Å²) in [6, 6.07) is 7.15. The summed E-state index contributed by atoms with van der Waals surface area (Å²) in [6.45, 7) is 3.30. The average molecular weight is 400 g/mol. The molecule has 0 fully saturated rings. The third kappa shape index (κ3) is 4.69. The fourth-order valence-electron chi connectivity index (χ4n) is 2.39. The lowest BCUT2D eigenvalue weighted by molar-refractivity contribution is -0.383. The largest absolute Gasteiger partial charge is 0.319 e. The lowest BCUT2D eigenvalue weighted by Gasteiger charge is -2.21. The summed E-state index contributed by atoms with van der Waals surface area (Å²) in [5, 5.41) is 16.7. The summed E-state index contributed by atoms with van der Waals surface area (Å²) in [7, 11) is 0. The van der Waals surface area contributed by atoms with Gasteiger partial charge in [-0.2, -0.15) is 0 Å². The Labute approximate surface area is 159 Å². The van der Waals surface area contributed by atoms with E-state index in [-0.39, 0.29) is 21.4 Å². The Kier molecular flexibility index (Phi) is 6.52. The summed E-state index contributed by atoms with van der Waals surface area (Å²) in [6.07, 6.45) is 0. The molecule has 26 heavy (non-hydrogen) atoms. The molecule has 0 bridgehead atoms. The second-order valence-corrected chi connectivity index (χ2v) is 6.48. The van der Waals surface area contributed by atoms with Gasteiger partial charge in [-0.1, -0.05) is 35.3 Å².